The molecule has 0 fully saturated rings. The predicted octanol–water partition coefficient (Wildman–Crippen LogP) is 4.08. The lowest BCUT2D eigenvalue weighted by molar-refractivity contribution is 1.36. The highest BCUT2D eigenvalue weighted by Gasteiger charge is 2.02. The van der Waals surface area contributed by atoms with E-state index in [2.05, 4.69) is 63.2 Å². The van der Waals surface area contributed by atoms with Crippen LogP contribution in [0, 0.1) is 26.8 Å². The fraction of sp³-hybridized carbons (Fsp3) is 0.200. The Hall–Kier alpha value is -1.56. The Bertz CT molecular complexity index is 461. The van der Waals surface area contributed by atoms with E-state index < -0.39 is 0 Å². The Morgan fingerprint density at radius 1 is 0.933 bits per heavy atom. The third kappa shape index (κ3) is 2.10. The summed E-state index contributed by atoms with van der Waals surface area (Å²) >= 11 is 0. The summed E-state index contributed by atoms with van der Waals surface area (Å²) in [5.74, 6) is 0. The van der Waals surface area contributed by atoms with Crippen LogP contribution in [-0.4, -0.2) is 0 Å². The van der Waals surface area contributed by atoms with Crippen LogP contribution in [0.4, 0.5) is 0 Å². The summed E-state index contributed by atoms with van der Waals surface area (Å²) in [7, 11) is 0. The van der Waals surface area contributed by atoms with Crippen molar-refractivity contribution in [2.75, 3.05) is 0 Å². The van der Waals surface area contributed by atoms with Crippen molar-refractivity contribution in [1.82, 2.24) is 0 Å². The highest BCUT2D eigenvalue weighted by Crippen LogP contribution is 2.24. The molecule has 1 radical (unpaired) electrons. The van der Waals surface area contributed by atoms with Gasteiger partial charge in [0.25, 0.3) is 0 Å². The van der Waals surface area contributed by atoms with Gasteiger partial charge in [0.2, 0.25) is 0 Å². The molecule has 0 spiro atoms. The van der Waals surface area contributed by atoms with E-state index in [1.165, 1.54) is 27.8 Å². The molecule has 0 nitrogen and oxygen atoms in total. The SMILES string of the molecule is Cc1[c]c(-c2ccccc2C)cc(C)c1. The number of rotatable bonds is 1. The first kappa shape index (κ1) is 9.97. The van der Waals surface area contributed by atoms with Crippen molar-refractivity contribution < 1.29 is 0 Å². The Morgan fingerprint density at radius 3 is 2.33 bits per heavy atom. The van der Waals surface area contributed by atoms with Crippen molar-refractivity contribution in [2.24, 2.45) is 0 Å². The number of hydrogen-bond acceptors (Lipinski definition) is 0. The van der Waals surface area contributed by atoms with E-state index in [4.69, 9.17) is 0 Å². The average Bonchev–Trinajstić information content (AvgIpc) is 2.16. The van der Waals surface area contributed by atoms with E-state index >= 15 is 0 Å². The van der Waals surface area contributed by atoms with Gasteiger partial charge in [-0.1, -0.05) is 42.0 Å². The fourth-order valence-electron chi connectivity index (χ4n) is 1.92. The van der Waals surface area contributed by atoms with Crippen molar-refractivity contribution in [3.05, 3.63) is 59.2 Å². The lowest BCUT2D eigenvalue weighted by Crippen LogP contribution is -1.86. The summed E-state index contributed by atoms with van der Waals surface area (Å²) in [6.07, 6.45) is 0. The maximum atomic E-state index is 3.41. The Labute approximate surface area is 91.6 Å². The normalized spacial score (nSPS) is 10.3. The van der Waals surface area contributed by atoms with Gasteiger partial charge < -0.3 is 0 Å². The Kier molecular flexibility index (Phi) is 2.59. The second-order valence-electron chi connectivity index (χ2n) is 4.07. The van der Waals surface area contributed by atoms with E-state index in [1.807, 2.05) is 0 Å². The molecule has 0 aliphatic rings. The molecule has 15 heavy (non-hydrogen) atoms. The van der Waals surface area contributed by atoms with Gasteiger partial charge in [0, 0.05) is 0 Å². The van der Waals surface area contributed by atoms with Crippen LogP contribution >= 0.6 is 0 Å². The fourth-order valence-corrected chi connectivity index (χ4v) is 1.92. The van der Waals surface area contributed by atoms with Crippen LogP contribution < -0.4 is 0 Å². The highest BCUT2D eigenvalue weighted by atomic mass is 14.1. The average molecular weight is 195 g/mol. The van der Waals surface area contributed by atoms with Crippen LogP contribution in [0.15, 0.2) is 36.4 Å². The van der Waals surface area contributed by atoms with E-state index in [-0.39, 0.29) is 0 Å². The van der Waals surface area contributed by atoms with Gasteiger partial charge in [-0.25, -0.2) is 0 Å². The summed E-state index contributed by atoms with van der Waals surface area (Å²) in [4.78, 5) is 0. The Balaban J connectivity index is 2.59. The zero-order valence-corrected chi connectivity index (χ0v) is 9.46. The van der Waals surface area contributed by atoms with E-state index in [0.29, 0.717) is 0 Å². The summed E-state index contributed by atoms with van der Waals surface area (Å²) in [6.45, 7) is 6.36. The first-order valence-electron chi connectivity index (χ1n) is 5.23. The van der Waals surface area contributed by atoms with Gasteiger partial charge in [-0.3, -0.25) is 0 Å². The molecule has 0 atom stereocenters. The molecule has 0 N–H and O–H groups in total. The maximum absolute atomic E-state index is 3.41. The molecule has 0 aliphatic heterocycles. The molecule has 0 aliphatic carbocycles. The van der Waals surface area contributed by atoms with E-state index in [1.54, 1.807) is 0 Å². The zero-order chi connectivity index (χ0) is 10.8. The van der Waals surface area contributed by atoms with Crippen LogP contribution in [0.25, 0.3) is 11.1 Å². The molecule has 0 saturated carbocycles. The standard InChI is InChI=1S/C15H15/c1-11-8-12(2)10-14(9-11)15-7-5-4-6-13(15)3/h4-9H,1-3H3. The zero-order valence-electron chi connectivity index (χ0n) is 9.46. The quantitative estimate of drug-likeness (QED) is 0.643. The van der Waals surface area contributed by atoms with E-state index in [9.17, 15) is 0 Å². The molecule has 75 valence electrons. The van der Waals surface area contributed by atoms with Gasteiger partial charge in [-0.15, -0.1) is 0 Å². The molecular formula is C15H15. The molecular weight excluding hydrogens is 180 g/mol. The third-order valence-electron chi connectivity index (χ3n) is 2.58. The molecule has 0 saturated heterocycles. The summed E-state index contributed by atoms with van der Waals surface area (Å²) < 4.78 is 0. The number of hydrogen-bond donors (Lipinski definition) is 0. The van der Waals surface area contributed by atoms with Crippen molar-refractivity contribution >= 4 is 0 Å². The molecule has 0 amide bonds. The van der Waals surface area contributed by atoms with Gasteiger partial charge in [0.05, 0.1) is 0 Å². The maximum Gasteiger partial charge on any atom is -0.00669 e. The third-order valence-corrected chi connectivity index (χ3v) is 2.58. The molecule has 2 aromatic carbocycles. The number of benzene rings is 2. The first-order valence-corrected chi connectivity index (χ1v) is 5.23. The minimum atomic E-state index is 1.20. The van der Waals surface area contributed by atoms with Gasteiger partial charge in [0.15, 0.2) is 0 Å². The highest BCUT2D eigenvalue weighted by molar-refractivity contribution is 5.67. The molecule has 0 heteroatoms. The first-order chi connectivity index (χ1) is 7.16. The topological polar surface area (TPSA) is 0 Å². The molecule has 2 rings (SSSR count). The van der Waals surface area contributed by atoms with Crippen LogP contribution in [0.1, 0.15) is 16.7 Å². The summed E-state index contributed by atoms with van der Waals surface area (Å²) in [6, 6.07) is 16.2. The van der Waals surface area contributed by atoms with Crippen LogP contribution in [-0.2, 0) is 0 Å². The Morgan fingerprint density at radius 2 is 1.67 bits per heavy atom. The van der Waals surface area contributed by atoms with Gasteiger partial charge in [-0.05, 0) is 49.1 Å². The monoisotopic (exact) mass is 195 g/mol. The van der Waals surface area contributed by atoms with Gasteiger partial charge in [0.1, 0.15) is 0 Å². The van der Waals surface area contributed by atoms with Crippen molar-refractivity contribution in [3.63, 3.8) is 0 Å². The molecule has 0 aromatic heterocycles. The summed E-state index contributed by atoms with van der Waals surface area (Å²) in [5.41, 5.74) is 6.28. The van der Waals surface area contributed by atoms with Crippen molar-refractivity contribution in [1.29, 1.82) is 0 Å². The predicted molar refractivity (Wildman–Crippen MR) is 64.9 cm³/mol. The van der Waals surface area contributed by atoms with Gasteiger partial charge in [-0.2, -0.15) is 0 Å². The van der Waals surface area contributed by atoms with E-state index in [0.717, 1.165) is 0 Å². The lowest BCUT2D eigenvalue weighted by atomic mass is 9.97. The molecule has 0 unspecified atom stereocenters. The smallest absolute Gasteiger partial charge is 0.00669 e. The van der Waals surface area contributed by atoms with Crippen molar-refractivity contribution in [3.8, 4) is 11.1 Å². The second kappa shape index (κ2) is 3.90. The minimum absolute atomic E-state index is 1.20. The van der Waals surface area contributed by atoms with Crippen LogP contribution in [0.3, 0.4) is 0 Å². The van der Waals surface area contributed by atoms with Crippen LogP contribution in [0.2, 0.25) is 0 Å². The minimum Gasteiger partial charge on any atom is -0.0620 e. The molecule has 2 aromatic rings. The van der Waals surface area contributed by atoms with Gasteiger partial charge >= 0.3 is 0 Å². The van der Waals surface area contributed by atoms with Crippen molar-refractivity contribution in [2.45, 2.75) is 20.8 Å². The second-order valence-corrected chi connectivity index (χ2v) is 4.07. The molecule has 0 bridgehead atoms. The summed E-state index contributed by atoms with van der Waals surface area (Å²) in [5, 5.41) is 0. The van der Waals surface area contributed by atoms with Crippen LogP contribution in [0.5, 0.6) is 0 Å². The molecule has 0 heterocycles. The lowest BCUT2D eigenvalue weighted by Gasteiger charge is -2.07. The number of aryl methyl sites for hydroxylation is 3. The largest absolute Gasteiger partial charge is 0.0620 e.